The number of rotatable bonds is 6. The Balaban J connectivity index is 1.81. The number of ether oxygens (including phenoxy) is 1. The highest BCUT2D eigenvalue weighted by molar-refractivity contribution is 6.46. The van der Waals surface area contributed by atoms with Crippen LogP contribution in [0.2, 0.25) is 0 Å². The summed E-state index contributed by atoms with van der Waals surface area (Å²) < 4.78 is 5.46. The average Bonchev–Trinajstić information content (AvgIpc) is 3.05. The van der Waals surface area contributed by atoms with Crippen LogP contribution < -0.4 is 4.74 Å². The van der Waals surface area contributed by atoms with Crippen molar-refractivity contribution in [2.45, 2.75) is 26.4 Å². The molecule has 0 radical (unpaired) electrons. The Labute approximate surface area is 186 Å². The summed E-state index contributed by atoms with van der Waals surface area (Å²) in [6.07, 6.45) is 3.32. The Morgan fingerprint density at radius 3 is 2.41 bits per heavy atom. The zero-order valence-corrected chi connectivity index (χ0v) is 18.0. The number of hydrogen-bond donors (Lipinski definition) is 1. The van der Waals surface area contributed by atoms with Gasteiger partial charge in [0.05, 0.1) is 18.2 Å². The fourth-order valence-corrected chi connectivity index (χ4v) is 3.86. The van der Waals surface area contributed by atoms with Crippen molar-refractivity contribution in [1.29, 1.82) is 0 Å². The molecule has 0 aliphatic carbocycles. The topological polar surface area (TPSA) is 79.7 Å². The molecule has 0 spiro atoms. The maximum absolute atomic E-state index is 13.1. The molecule has 2 aromatic carbocycles. The number of hydrogen-bond acceptors (Lipinski definition) is 5. The summed E-state index contributed by atoms with van der Waals surface area (Å²) >= 11 is 0. The molecular weight excluding hydrogens is 404 g/mol. The monoisotopic (exact) mass is 428 g/mol. The van der Waals surface area contributed by atoms with Gasteiger partial charge in [0.15, 0.2) is 0 Å². The van der Waals surface area contributed by atoms with Gasteiger partial charge in [-0.1, -0.05) is 35.9 Å². The van der Waals surface area contributed by atoms with E-state index in [0.29, 0.717) is 17.9 Å². The number of aliphatic hydroxyl groups excluding tert-OH is 1. The summed E-state index contributed by atoms with van der Waals surface area (Å²) in [5.74, 6) is -0.889. The highest BCUT2D eigenvalue weighted by Gasteiger charge is 2.46. The number of Topliss-reactive ketones (excluding diaryl/α,β-unsaturated/α-hetero) is 1. The predicted molar refractivity (Wildman–Crippen MR) is 121 cm³/mol. The molecule has 1 saturated heterocycles. The number of nitrogens with zero attached hydrogens (tertiary/aromatic N) is 2. The van der Waals surface area contributed by atoms with E-state index in [1.807, 2.05) is 44.2 Å². The molecule has 1 aromatic heterocycles. The lowest BCUT2D eigenvalue weighted by atomic mass is 9.94. The maximum atomic E-state index is 13.1. The molecule has 1 unspecified atom stereocenters. The van der Waals surface area contributed by atoms with E-state index in [1.165, 1.54) is 4.90 Å². The zero-order valence-electron chi connectivity index (χ0n) is 18.0. The molecule has 1 aliphatic heterocycles. The van der Waals surface area contributed by atoms with Crippen molar-refractivity contribution in [3.05, 3.63) is 101 Å². The summed E-state index contributed by atoms with van der Waals surface area (Å²) in [6.45, 7) is 4.59. The molecule has 6 nitrogen and oxygen atoms in total. The first-order valence-electron chi connectivity index (χ1n) is 10.5. The number of amides is 1. The second kappa shape index (κ2) is 9.06. The van der Waals surface area contributed by atoms with E-state index < -0.39 is 17.7 Å². The molecule has 32 heavy (non-hydrogen) atoms. The minimum Gasteiger partial charge on any atom is -0.507 e. The normalized spacial score (nSPS) is 17.6. The van der Waals surface area contributed by atoms with Crippen LogP contribution >= 0.6 is 0 Å². The minimum absolute atomic E-state index is 0.0758. The third-order valence-corrected chi connectivity index (χ3v) is 5.45. The Hall–Kier alpha value is -3.93. The molecule has 0 bridgehead atoms. The largest absolute Gasteiger partial charge is 0.507 e. The third kappa shape index (κ3) is 4.12. The van der Waals surface area contributed by atoms with Crippen molar-refractivity contribution in [2.75, 3.05) is 6.61 Å². The molecule has 2 heterocycles. The predicted octanol–water partition coefficient (Wildman–Crippen LogP) is 4.41. The van der Waals surface area contributed by atoms with E-state index in [1.54, 1.807) is 42.7 Å². The van der Waals surface area contributed by atoms with Crippen molar-refractivity contribution < 1.29 is 19.4 Å². The zero-order chi connectivity index (χ0) is 22.7. The van der Waals surface area contributed by atoms with E-state index in [2.05, 4.69) is 4.98 Å². The van der Waals surface area contributed by atoms with Crippen LogP contribution in [-0.4, -0.2) is 33.3 Å². The summed E-state index contributed by atoms with van der Waals surface area (Å²) in [5, 5.41) is 11.1. The van der Waals surface area contributed by atoms with Crippen molar-refractivity contribution in [3.8, 4) is 5.75 Å². The fraction of sp³-hybridized carbons (Fsp3) is 0.192. The molecule has 0 saturated carbocycles. The first kappa shape index (κ1) is 21.3. The van der Waals surface area contributed by atoms with Gasteiger partial charge >= 0.3 is 0 Å². The summed E-state index contributed by atoms with van der Waals surface area (Å²) in [5.41, 5.74) is 3.14. The molecule has 1 fully saturated rings. The molecule has 4 rings (SSSR count). The van der Waals surface area contributed by atoms with Crippen LogP contribution in [0.1, 0.15) is 35.2 Å². The molecule has 3 aromatic rings. The Kier molecular flexibility index (Phi) is 6.03. The Morgan fingerprint density at radius 1 is 1.06 bits per heavy atom. The molecule has 6 heteroatoms. The number of aliphatic hydroxyl groups is 1. The molecular formula is C26H24N2O4. The second-order valence-electron chi connectivity index (χ2n) is 7.66. The van der Waals surface area contributed by atoms with E-state index in [4.69, 9.17) is 4.74 Å². The number of carbonyl (C=O) groups excluding carboxylic acids is 2. The quantitative estimate of drug-likeness (QED) is 0.357. The van der Waals surface area contributed by atoms with E-state index >= 15 is 0 Å². The molecule has 162 valence electrons. The minimum atomic E-state index is -0.706. The Morgan fingerprint density at radius 2 is 1.78 bits per heavy atom. The average molecular weight is 428 g/mol. The smallest absolute Gasteiger partial charge is 0.295 e. The number of carbonyl (C=O) groups is 2. The summed E-state index contributed by atoms with van der Waals surface area (Å²) in [7, 11) is 0. The number of likely N-dealkylation sites (tertiary alicyclic amines) is 1. The summed E-state index contributed by atoms with van der Waals surface area (Å²) in [6, 6.07) is 17.4. The van der Waals surface area contributed by atoms with Crippen LogP contribution in [0, 0.1) is 6.92 Å². The van der Waals surface area contributed by atoms with E-state index in [0.717, 1.165) is 16.7 Å². The number of ketones is 1. The van der Waals surface area contributed by atoms with Crippen molar-refractivity contribution >= 4 is 17.4 Å². The first-order valence-corrected chi connectivity index (χ1v) is 10.5. The van der Waals surface area contributed by atoms with Gasteiger partial charge in [-0.25, -0.2) is 0 Å². The molecule has 1 aliphatic rings. The van der Waals surface area contributed by atoms with Gasteiger partial charge in [-0.15, -0.1) is 0 Å². The molecule has 1 amide bonds. The van der Waals surface area contributed by atoms with Crippen molar-refractivity contribution in [3.63, 3.8) is 0 Å². The lowest BCUT2D eigenvalue weighted by Gasteiger charge is -2.25. The van der Waals surface area contributed by atoms with Gasteiger partial charge in [0.25, 0.3) is 11.7 Å². The van der Waals surface area contributed by atoms with Crippen LogP contribution in [-0.2, 0) is 16.1 Å². The van der Waals surface area contributed by atoms with E-state index in [-0.39, 0.29) is 17.9 Å². The highest BCUT2D eigenvalue weighted by atomic mass is 16.5. The van der Waals surface area contributed by atoms with Gasteiger partial charge in [-0.3, -0.25) is 14.6 Å². The first-order chi connectivity index (χ1) is 15.5. The lowest BCUT2D eigenvalue weighted by molar-refractivity contribution is -0.140. The van der Waals surface area contributed by atoms with Crippen LogP contribution in [0.5, 0.6) is 5.75 Å². The van der Waals surface area contributed by atoms with Crippen LogP contribution in [0.15, 0.2) is 78.6 Å². The van der Waals surface area contributed by atoms with Crippen LogP contribution in [0.25, 0.3) is 5.76 Å². The highest BCUT2D eigenvalue weighted by Crippen LogP contribution is 2.40. The lowest BCUT2D eigenvalue weighted by Crippen LogP contribution is -2.29. The van der Waals surface area contributed by atoms with Crippen molar-refractivity contribution in [2.24, 2.45) is 0 Å². The summed E-state index contributed by atoms with van der Waals surface area (Å²) in [4.78, 5) is 31.7. The van der Waals surface area contributed by atoms with Gasteiger partial charge in [-0.05, 0) is 55.3 Å². The van der Waals surface area contributed by atoms with E-state index in [9.17, 15) is 14.7 Å². The number of aryl methyl sites for hydroxylation is 1. The van der Waals surface area contributed by atoms with Gasteiger partial charge in [-0.2, -0.15) is 0 Å². The van der Waals surface area contributed by atoms with Crippen LogP contribution in [0.4, 0.5) is 0 Å². The standard InChI is InChI=1S/C26H24N2O4/c1-3-32-21-12-10-20(11-13-21)24(29)22-23(19-8-6-17(2)7-9-19)28(26(31)25(22)30)16-18-5-4-14-27-15-18/h4-15,23,29H,3,16H2,1-2H3/b24-22+. The van der Waals surface area contributed by atoms with Gasteiger partial charge in [0.1, 0.15) is 11.5 Å². The van der Waals surface area contributed by atoms with Crippen molar-refractivity contribution in [1.82, 2.24) is 9.88 Å². The van der Waals surface area contributed by atoms with Gasteiger partial charge < -0.3 is 14.7 Å². The van der Waals surface area contributed by atoms with Gasteiger partial charge in [0, 0.05) is 24.5 Å². The maximum Gasteiger partial charge on any atom is 0.295 e. The third-order valence-electron chi connectivity index (χ3n) is 5.45. The number of pyridine rings is 1. The molecule has 1 atom stereocenters. The fourth-order valence-electron chi connectivity index (χ4n) is 3.86. The SMILES string of the molecule is CCOc1ccc(/C(O)=C2\C(=O)C(=O)N(Cc3cccnc3)C2c2ccc(C)cc2)cc1. The van der Waals surface area contributed by atoms with Crippen LogP contribution in [0.3, 0.4) is 0 Å². The second-order valence-corrected chi connectivity index (χ2v) is 7.66. The Bertz CT molecular complexity index is 1150. The van der Waals surface area contributed by atoms with Gasteiger partial charge in [0.2, 0.25) is 0 Å². The number of benzene rings is 2. The molecule has 1 N–H and O–H groups in total. The number of aromatic nitrogens is 1.